The van der Waals surface area contributed by atoms with Gasteiger partial charge in [-0.15, -0.1) is 0 Å². The van der Waals surface area contributed by atoms with Gasteiger partial charge in [0.1, 0.15) is 5.60 Å². The number of hydrogen-bond donors (Lipinski definition) is 1. The molecule has 1 N–H and O–H groups in total. The first-order valence-corrected chi connectivity index (χ1v) is 12.2. The number of ether oxygens (including phenoxy) is 1. The summed E-state index contributed by atoms with van der Waals surface area (Å²) in [6.45, 7) is 19.8. The largest absolute Gasteiger partial charge is 0.444 e. The number of nitrogens with one attached hydrogen (secondary N) is 1. The van der Waals surface area contributed by atoms with E-state index in [1.807, 2.05) is 20.8 Å². The normalized spacial score (nSPS) is 17.4. The van der Waals surface area contributed by atoms with Crippen molar-refractivity contribution in [2.24, 2.45) is 11.3 Å². The lowest BCUT2D eigenvalue weighted by molar-refractivity contribution is 0.0423. The van der Waals surface area contributed by atoms with Crippen LogP contribution in [0.25, 0.3) is 0 Å². The van der Waals surface area contributed by atoms with Crippen LogP contribution < -0.4 is 5.32 Å². The van der Waals surface area contributed by atoms with Crippen molar-refractivity contribution in [1.82, 2.24) is 10.2 Å². The number of alkyl carbamates (subject to hydrolysis) is 1. The molecule has 31 heavy (non-hydrogen) atoms. The Morgan fingerprint density at radius 1 is 1.10 bits per heavy atom. The van der Waals surface area contributed by atoms with Crippen molar-refractivity contribution >= 4 is 6.09 Å². The molecule has 4 heteroatoms. The van der Waals surface area contributed by atoms with E-state index >= 15 is 0 Å². The molecule has 1 unspecified atom stereocenters. The molecular formula is C27H46N2O2. The average Bonchev–Trinajstić information content (AvgIpc) is 2.64. The molecule has 2 rings (SSSR count). The van der Waals surface area contributed by atoms with Crippen molar-refractivity contribution in [2.45, 2.75) is 99.1 Å². The van der Waals surface area contributed by atoms with Crippen LogP contribution in [-0.2, 0) is 17.6 Å². The lowest BCUT2D eigenvalue weighted by Crippen LogP contribution is -2.53. The number of benzene rings is 1. The molecule has 0 spiro atoms. The van der Waals surface area contributed by atoms with Gasteiger partial charge in [0.05, 0.1) is 0 Å². The summed E-state index contributed by atoms with van der Waals surface area (Å²) in [6, 6.07) is 7.11. The molecule has 1 aromatic carbocycles. The third kappa shape index (κ3) is 9.22. The molecule has 1 saturated heterocycles. The van der Waals surface area contributed by atoms with E-state index in [0.29, 0.717) is 0 Å². The summed E-state index contributed by atoms with van der Waals surface area (Å²) in [7, 11) is 0. The summed E-state index contributed by atoms with van der Waals surface area (Å²) >= 11 is 0. The van der Waals surface area contributed by atoms with E-state index in [4.69, 9.17) is 4.74 Å². The van der Waals surface area contributed by atoms with Crippen LogP contribution in [0.5, 0.6) is 0 Å². The first kappa shape index (κ1) is 25.7. The number of aryl methyl sites for hydroxylation is 3. The molecule has 0 saturated carbocycles. The van der Waals surface area contributed by atoms with Gasteiger partial charge in [-0.25, -0.2) is 4.79 Å². The van der Waals surface area contributed by atoms with Crippen molar-refractivity contribution in [3.05, 3.63) is 34.9 Å². The van der Waals surface area contributed by atoms with Crippen LogP contribution in [0.15, 0.2) is 18.2 Å². The van der Waals surface area contributed by atoms with Gasteiger partial charge in [0.25, 0.3) is 0 Å². The number of carbonyl (C=O) groups is 1. The highest BCUT2D eigenvalue weighted by atomic mass is 16.6. The molecule has 1 amide bonds. The van der Waals surface area contributed by atoms with Gasteiger partial charge in [0.2, 0.25) is 0 Å². The zero-order chi connectivity index (χ0) is 23.2. The van der Waals surface area contributed by atoms with Crippen LogP contribution in [0.4, 0.5) is 4.79 Å². The third-order valence-corrected chi connectivity index (χ3v) is 6.33. The summed E-state index contributed by atoms with van der Waals surface area (Å²) in [4.78, 5) is 14.9. The molecule has 176 valence electrons. The Morgan fingerprint density at radius 2 is 1.71 bits per heavy atom. The Labute approximate surface area is 191 Å². The number of rotatable bonds is 7. The van der Waals surface area contributed by atoms with Crippen molar-refractivity contribution in [2.75, 3.05) is 19.6 Å². The highest BCUT2D eigenvalue weighted by molar-refractivity contribution is 5.68. The smallest absolute Gasteiger partial charge is 0.407 e. The van der Waals surface area contributed by atoms with E-state index in [-0.39, 0.29) is 17.6 Å². The molecule has 1 aliphatic heterocycles. The van der Waals surface area contributed by atoms with Crippen molar-refractivity contribution in [3.8, 4) is 0 Å². The first-order valence-electron chi connectivity index (χ1n) is 12.2. The van der Waals surface area contributed by atoms with Gasteiger partial charge in [-0.3, -0.25) is 0 Å². The zero-order valence-electron chi connectivity index (χ0n) is 21.3. The summed E-state index contributed by atoms with van der Waals surface area (Å²) in [6.07, 6.45) is 5.75. The second kappa shape index (κ2) is 10.8. The zero-order valence-corrected chi connectivity index (χ0v) is 21.3. The Balaban J connectivity index is 1.83. The summed E-state index contributed by atoms with van der Waals surface area (Å²) in [5.41, 5.74) is 3.84. The topological polar surface area (TPSA) is 41.6 Å². The monoisotopic (exact) mass is 430 g/mol. The lowest BCUT2D eigenvalue weighted by atomic mass is 9.85. The van der Waals surface area contributed by atoms with Crippen molar-refractivity contribution < 1.29 is 9.53 Å². The highest BCUT2D eigenvalue weighted by Crippen LogP contribution is 2.26. The summed E-state index contributed by atoms with van der Waals surface area (Å²) < 4.78 is 5.50. The van der Waals surface area contributed by atoms with Crippen LogP contribution >= 0.6 is 0 Å². The van der Waals surface area contributed by atoms with Crippen LogP contribution in [0, 0.1) is 18.3 Å². The summed E-state index contributed by atoms with van der Waals surface area (Å²) in [5, 5.41) is 3.13. The van der Waals surface area contributed by atoms with Gasteiger partial charge in [-0.1, -0.05) is 51.5 Å². The minimum Gasteiger partial charge on any atom is -0.444 e. The van der Waals surface area contributed by atoms with Gasteiger partial charge >= 0.3 is 6.09 Å². The number of carbonyl (C=O) groups excluding carboxylic acids is 1. The Hall–Kier alpha value is -1.55. The van der Waals surface area contributed by atoms with Crippen molar-refractivity contribution in [3.63, 3.8) is 0 Å². The number of piperidine rings is 1. The van der Waals surface area contributed by atoms with Gasteiger partial charge in [0.15, 0.2) is 0 Å². The fraction of sp³-hybridized carbons (Fsp3) is 0.741. The molecule has 0 aliphatic carbocycles. The molecular weight excluding hydrogens is 384 g/mol. The van der Waals surface area contributed by atoms with Gasteiger partial charge < -0.3 is 15.0 Å². The van der Waals surface area contributed by atoms with E-state index in [0.717, 1.165) is 32.0 Å². The Morgan fingerprint density at radius 3 is 2.26 bits per heavy atom. The van der Waals surface area contributed by atoms with Crippen LogP contribution in [0.3, 0.4) is 0 Å². The minimum atomic E-state index is -0.472. The lowest BCUT2D eigenvalue weighted by Gasteiger charge is -2.39. The molecule has 1 aliphatic rings. The van der Waals surface area contributed by atoms with E-state index in [9.17, 15) is 4.79 Å². The second-order valence-electron chi connectivity index (χ2n) is 11.5. The molecule has 1 atom stereocenters. The Kier molecular flexibility index (Phi) is 9.00. The first-order chi connectivity index (χ1) is 14.4. The van der Waals surface area contributed by atoms with E-state index < -0.39 is 5.60 Å². The average molecular weight is 431 g/mol. The van der Waals surface area contributed by atoms with Crippen LogP contribution in [-0.4, -0.2) is 42.3 Å². The van der Waals surface area contributed by atoms with Crippen molar-refractivity contribution in [1.29, 1.82) is 0 Å². The molecule has 4 nitrogen and oxygen atoms in total. The fourth-order valence-corrected chi connectivity index (χ4v) is 4.37. The predicted octanol–water partition coefficient (Wildman–Crippen LogP) is 6.14. The highest BCUT2D eigenvalue weighted by Gasteiger charge is 2.31. The molecule has 0 bridgehead atoms. The van der Waals surface area contributed by atoms with Crippen LogP contribution in [0.1, 0.15) is 84.4 Å². The Bertz CT molecular complexity index is 707. The van der Waals surface area contributed by atoms with Gasteiger partial charge in [-0.05, 0) is 95.3 Å². The molecule has 0 aromatic heterocycles. The predicted molar refractivity (Wildman–Crippen MR) is 131 cm³/mol. The molecule has 0 radical (unpaired) electrons. The molecule has 1 aromatic rings. The van der Waals surface area contributed by atoms with E-state index in [1.165, 1.54) is 42.4 Å². The maximum Gasteiger partial charge on any atom is 0.407 e. The SMILES string of the molecule is CCc1cc(C)cc(CCC2CCN(CC(NC(=O)OC(C)(C)C)C(C)(C)C)CC2)c1. The second-order valence-corrected chi connectivity index (χ2v) is 11.5. The van der Waals surface area contributed by atoms with E-state index in [2.05, 4.69) is 63.0 Å². The number of likely N-dealkylation sites (tertiary alicyclic amines) is 1. The summed E-state index contributed by atoms with van der Waals surface area (Å²) in [5.74, 6) is 0.800. The standard InChI is InChI=1S/C27H46N2O2/c1-9-21-16-20(2)17-23(18-21)11-10-22-12-14-29(15-13-22)19-24(26(3,4)5)28-25(30)31-27(6,7)8/h16-18,22,24H,9-15,19H2,1-8H3,(H,28,30). The maximum atomic E-state index is 12.3. The van der Waals surface area contributed by atoms with Gasteiger partial charge in [0, 0.05) is 12.6 Å². The fourth-order valence-electron chi connectivity index (χ4n) is 4.37. The quantitative estimate of drug-likeness (QED) is 0.565. The van der Waals surface area contributed by atoms with E-state index in [1.54, 1.807) is 0 Å². The van der Waals surface area contributed by atoms with Crippen LogP contribution in [0.2, 0.25) is 0 Å². The maximum absolute atomic E-state index is 12.3. The molecule has 1 heterocycles. The third-order valence-electron chi connectivity index (χ3n) is 6.33. The number of nitrogens with zero attached hydrogens (tertiary/aromatic N) is 1. The number of amides is 1. The number of hydrogen-bond acceptors (Lipinski definition) is 3. The van der Waals surface area contributed by atoms with Gasteiger partial charge in [-0.2, -0.15) is 0 Å². The minimum absolute atomic E-state index is 0.0179. The molecule has 1 fully saturated rings.